The van der Waals surface area contributed by atoms with Crippen molar-refractivity contribution in [2.75, 3.05) is 6.61 Å². The Morgan fingerprint density at radius 2 is 2.08 bits per heavy atom. The average Bonchev–Trinajstić information content (AvgIpc) is 2.54. The summed E-state index contributed by atoms with van der Waals surface area (Å²) in [5.41, 5.74) is 5.42. The van der Waals surface area contributed by atoms with Crippen LogP contribution >= 0.6 is 11.6 Å². The Kier molecular flexibility index (Phi) is 6.38. The second-order valence-electron chi connectivity index (χ2n) is 5.82. The summed E-state index contributed by atoms with van der Waals surface area (Å²) in [6, 6.07) is 13.2. The second-order valence-corrected chi connectivity index (χ2v) is 6.25. The molecule has 0 fully saturated rings. The molecule has 0 aliphatic heterocycles. The maximum absolute atomic E-state index is 11.8. The zero-order chi connectivity index (χ0) is 17.5. The van der Waals surface area contributed by atoms with Crippen LogP contribution in [-0.2, 0) is 4.79 Å². The maximum atomic E-state index is 11.8. The minimum atomic E-state index is -0.317. The number of benzene rings is 2. The predicted octanol–water partition coefficient (Wildman–Crippen LogP) is 4.30. The van der Waals surface area contributed by atoms with E-state index in [2.05, 4.69) is 30.4 Å². The van der Waals surface area contributed by atoms with Crippen LogP contribution in [0.3, 0.4) is 0 Å². The van der Waals surface area contributed by atoms with E-state index in [-0.39, 0.29) is 12.5 Å². The molecule has 5 heteroatoms. The van der Waals surface area contributed by atoms with E-state index in [0.29, 0.717) is 10.9 Å². The molecule has 0 saturated heterocycles. The highest BCUT2D eigenvalue weighted by Gasteiger charge is 2.07. The average molecular weight is 345 g/mol. The molecule has 4 nitrogen and oxygen atoms in total. The third-order valence-electron chi connectivity index (χ3n) is 3.49. The van der Waals surface area contributed by atoms with Crippen LogP contribution in [0.25, 0.3) is 0 Å². The van der Waals surface area contributed by atoms with Gasteiger partial charge in [0, 0.05) is 5.02 Å². The van der Waals surface area contributed by atoms with E-state index >= 15 is 0 Å². The Bertz CT molecular complexity index is 742. The first-order chi connectivity index (χ1) is 11.5. The number of carbonyl (C=O) groups excluding carboxylic acids is 1. The number of hydrogen-bond donors (Lipinski definition) is 1. The summed E-state index contributed by atoms with van der Waals surface area (Å²) < 4.78 is 5.60. The highest BCUT2D eigenvalue weighted by atomic mass is 35.5. The first-order valence-electron chi connectivity index (χ1n) is 7.76. The fourth-order valence-corrected chi connectivity index (χ4v) is 2.27. The Hall–Kier alpha value is -2.33. The Labute approximate surface area is 147 Å². The summed E-state index contributed by atoms with van der Waals surface area (Å²) in [5, 5.41) is 4.52. The number of aryl methyl sites for hydroxylation is 1. The van der Waals surface area contributed by atoms with Crippen molar-refractivity contribution in [2.45, 2.75) is 26.7 Å². The predicted molar refractivity (Wildman–Crippen MR) is 98.0 cm³/mol. The van der Waals surface area contributed by atoms with E-state index in [1.165, 1.54) is 11.8 Å². The summed E-state index contributed by atoms with van der Waals surface area (Å²) in [5.74, 6) is 0.807. The van der Waals surface area contributed by atoms with Crippen LogP contribution in [0, 0.1) is 6.92 Å². The molecule has 0 atom stereocenters. The van der Waals surface area contributed by atoms with E-state index in [1.807, 2.05) is 31.2 Å². The van der Waals surface area contributed by atoms with Crippen molar-refractivity contribution in [2.24, 2.45) is 5.10 Å². The smallest absolute Gasteiger partial charge is 0.277 e. The van der Waals surface area contributed by atoms with Crippen molar-refractivity contribution in [3.05, 3.63) is 64.2 Å². The SMILES string of the molecule is Cc1ccc(C(C)C)cc1OCC(=O)NN=Cc1cccc(Cl)c1. The van der Waals surface area contributed by atoms with Crippen molar-refractivity contribution in [1.29, 1.82) is 0 Å². The lowest BCUT2D eigenvalue weighted by Gasteiger charge is -2.12. The standard InChI is InChI=1S/C19H21ClN2O2/c1-13(2)16-8-7-14(3)18(10-16)24-12-19(23)22-21-11-15-5-4-6-17(20)9-15/h4-11,13H,12H2,1-3H3,(H,22,23). The number of rotatable bonds is 6. The van der Waals surface area contributed by atoms with Crippen LogP contribution in [0.2, 0.25) is 5.02 Å². The van der Waals surface area contributed by atoms with Crippen LogP contribution in [0.5, 0.6) is 5.75 Å². The Balaban J connectivity index is 1.88. The van der Waals surface area contributed by atoms with Crippen molar-refractivity contribution in [3.63, 3.8) is 0 Å². The number of nitrogens with one attached hydrogen (secondary N) is 1. The molecule has 0 radical (unpaired) electrons. The van der Waals surface area contributed by atoms with Gasteiger partial charge >= 0.3 is 0 Å². The highest BCUT2D eigenvalue weighted by Crippen LogP contribution is 2.24. The number of ether oxygens (including phenoxy) is 1. The molecular weight excluding hydrogens is 324 g/mol. The molecule has 1 amide bonds. The summed E-state index contributed by atoms with van der Waals surface area (Å²) in [7, 11) is 0. The van der Waals surface area contributed by atoms with Gasteiger partial charge in [0.05, 0.1) is 6.21 Å². The van der Waals surface area contributed by atoms with Crippen molar-refractivity contribution in [3.8, 4) is 5.75 Å². The fraction of sp³-hybridized carbons (Fsp3) is 0.263. The van der Waals surface area contributed by atoms with Gasteiger partial charge < -0.3 is 4.74 Å². The topological polar surface area (TPSA) is 50.7 Å². The van der Waals surface area contributed by atoms with Gasteiger partial charge in [0.2, 0.25) is 0 Å². The van der Waals surface area contributed by atoms with Gasteiger partial charge in [0.1, 0.15) is 5.75 Å². The lowest BCUT2D eigenvalue weighted by molar-refractivity contribution is -0.123. The first-order valence-corrected chi connectivity index (χ1v) is 8.14. The van der Waals surface area contributed by atoms with Gasteiger partial charge in [-0.25, -0.2) is 5.43 Å². The molecule has 2 aromatic carbocycles. The van der Waals surface area contributed by atoms with Gasteiger partial charge in [-0.05, 0) is 47.7 Å². The molecule has 0 aliphatic carbocycles. The number of nitrogens with zero attached hydrogens (tertiary/aromatic N) is 1. The molecule has 0 aromatic heterocycles. The molecule has 0 aliphatic rings. The molecule has 0 heterocycles. The van der Waals surface area contributed by atoms with Gasteiger partial charge in [-0.3, -0.25) is 4.79 Å². The molecule has 0 spiro atoms. The van der Waals surface area contributed by atoms with Crippen LogP contribution in [0.4, 0.5) is 0 Å². The van der Waals surface area contributed by atoms with Crippen LogP contribution in [-0.4, -0.2) is 18.7 Å². The molecule has 0 bridgehead atoms. The number of amides is 1. The van der Waals surface area contributed by atoms with Gasteiger partial charge in [0.15, 0.2) is 6.61 Å². The molecule has 2 aromatic rings. The van der Waals surface area contributed by atoms with E-state index in [4.69, 9.17) is 16.3 Å². The minimum absolute atomic E-state index is 0.0880. The lowest BCUT2D eigenvalue weighted by atomic mass is 10.0. The van der Waals surface area contributed by atoms with Crippen LogP contribution in [0.1, 0.15) is 36.5 Å². The van der Waals surface area contributed by atoms with E-state index < -0.39 is 0 Å². The summed E-state index contributed by atoms with van der Waals surface area (Å²) in [6.45, 7) is 6.10. The summed E-state index contributed by atoms with van der Waals surface area (Å²) in [4.78, 5) is 11.8. The summed E-state index contributed by atoms with van der Waals surface area (Å²) in [6.07, 6.45) is 1.54. The van der Waals surface area contributed by atoms with Crippen molar-refractivity contribution in [1.82, 2.24) is 5.43 Å². The Morgan fingerprint density at radius 3 is 2.79 bits per heavy atom. The molecular formula is C19H21ClN2O2. The van der Waals surface area contributed by atoms with Crippen molar-refractivity contribution >= 4 is 23.7 Å². The monoisotopic (exact) mass is 344 g/mol. The third kappa shape index (κ3) is 5.39. The summed E-state index contributed by atoms with van der Waals surface area (Å²) >= 11 is 5.88. The molecule has 2 rings (SSSR count). The Morgan fingerprint density at radius 1 is 1.29 bits per heavy atom. The largest absolute Gasteiger partial charge is 0.483 e. The second kappa shape index (κ2) is 8.50. The van der Waals surface area contributed by atoms with Crippen LogP contribution < -0.4 is 10.2 Å². The number of hydrazone groups is 1. The first kappa shape index (κ1) is 18.0. The zero-order valence-corrected chi connectivity index (χ0v) is 14.8. The zero-order valence-electron chi connectivity index (χ0n) is 14.0. The maximum Gasteiger partial charge on any atom is 0.277 e. The lowest BCUT2D eigenvalue weighted by Crippen LogP contribution is -2.24. The number of carbonyl (C=O) groups is 1. The van der Waals surface area contributed by atoms with Gasteiger partial charge in [-0.1, -0.05) is 49.7 Å². The van der Waals surface area contributed by atoms with Gasteiger partial charge in [-0.2, -0.15) is 5.10 Å². The number of hydrogen-bond acceptors (Lipinski definition) is 3. The number of halogens is 1. The molecule has 126 valence electrons. The highest BCUT2D eigenvalue weighted by molar-refractivity contribution is 6.30. The van der Waals surface area contributed by atoms with E-state index in [1.54, 1.807) is 12.1 Å². The van der Waals surface area contributed by atoms with E-state index in [9.17, 15) is 4.79 Å². The van der Waals surface area contributed by atoms with E-state index in [0.717, 1.165) is 16.9 Å². The molecule has 0 unspecified atom stereocenters. The third-order valence-corrected chi connectivity index (χ3v) is 3.72. The minimum Gasteiger partial charge on any atom is -0.483 e. The van der Waals surface area contributed by atoms with Gasteiger partial charge in [0.25, 0.3) is 5.91 Å². The molecule has 1 N–H and O–H groups in total. The fourth-order valence-electron chi connectivity index (χ4n) is 2.07. The van der Waals surface area contributed by atoms with Gasteiger partial charge in [-0.15, -0.1) is 0 Å². The normalized spacial score (nSPS) is 11.0. The van der Waals surface area contributed by atoms with Crippen LogP contribution in [0.15, 0.2) is 47.6 Å². The van der Waals surface area contributed by atoms with Crippen molar-refractivity contribution < 1.29 is 9.53 Å². The molecule has 0 saturated carbocycles. The quantitative estimate of drug-likeness (QED) is 0.627. The molecule has 24 heavy (non-hydrogen) atoms.